The first-order chi connectivity index (χ1) is 7.06. The highest BCUT2D eigenvalue weighted by Gasteiger charge is 2.15. The van der Waals surface area contributed by atoms with Gasteiger partial charge in [0.2, 0.25) is 0 Å². The summed E-state index contributed by atoms with van der Waals surface area (Å²) in [5.41, 5.74) is 0.596. The molecule has 1 rings (SSSR count). The molecule has 0 bridgehead atoms. The van der Waals surface area contributed by atoms with Gasteiger partial charge in [-0.15, -0.1) is 11.6 Å². The lowest BCUT2D eigenvalue weighted by atomic mass is 10.0. The highest BCUT2D eigenvalue weighted by Crippen LogP contribution is 2.21. The monoisotopic (exact) mass is 290 g/mol. The van der Waals surface area contributed by atoms with Crippen LogP contribution in [0.25, 0.3) is 0 Å². The molecule has 0 amide bonds. The Balaban J connectivity index is 3.11. The molecule has 0 aliphatic rings. The molecule has 0 saturated heterocycles. The molecule has 0 heterocycles. The quantitative estimate of drug-likeness (QED) is 0.867. The third-order valence-electron chi connectivity index (χ3n) is 1.85. The van der Waals surface area contributed by atoms with Crippen LogP contribution in [0.5, 0.6) is 0 Å². The first-order valence-electron chi connectivity index (χ1n) is 4.14. The van der Waals surface area contributed by atoms with Crippen LogP contribution in [0, 0.1) is 0 Å². The Kier molecular flexibility index (Phi) is 4.29. The molecule has 0 atom stereocenters. The molecule has 0 aliphatic carbocycles. The van der Waals surface area contributed by atoms with Crippen LogP contribution in [-0.4, -0.2) is 22.7 Å². The van der Waals surface area contributed by atoms with E-state index in [4.69, 9.17) is 16.7 Å². The van der Waals surface area contributed by atoms with Gasteiger partial charge in [-0.25, -0.2) is 4.79 Å². The topological polar surface area (TPSA) is 54.4 Å². The second-order valence-corrected chi connectivity index (χ2v) is 4.05. The summed E-state index contributed by atoms with van der Waals surface area (Å²) in [4.78, 5) is 22.1. The number of aromatic carboxylic acids is 1. The van der Waals surface area contributed by atoms with Crippen molar-refractivity contribution in [1.29, 1.82) is 0 Å². The molecule has 5 heteroatoms. The van der Waals surface area contributed by atoms with E-state index in [2.05, 4.69) is 15.9 Å². The maximum absolute atomic E-state index is 11.1. The van der Waals surface area contributed by atoms with Crippen LogP contribution in [-0.2, 0) is 11.2 Å². The van der Waals surface area contributed by atoms with Crippen LogP contribution in [0.2, 0.25) is 0 Å². The normalized spacial score (nSPS) is 10.0. The molecule has 0 fully saturated rings. The van der Waals surface area contributed by atoms with Gasteiger partial charge < -0.3 is 5.11 Å². The molecule has 0 aromatic heterocycles. The lowest BCUT2D eigenvalue weighted by molar-refractivity contribution is -0.116. The van der Waals surface area contributed by atoms with Crippen LogP contribution < -0.4 is 0 Å². The SMILES string of the molecule is O=C(CCl)Cc1cccc(Br)c1C(=O)O. The summed E-state index contributed by atoms with van der Waals surface area (Å²) in [5.74, 6) is -1.36. The summed E-state index contributed by atoms with van der Waals surface area (Å²) in [6, 6.07) is 4.92. The Morgan fingerprint density at radius 2 is 2.07 bits per heavy atom. The van der Waals surface area contributed by atoms with E-state index in [-0.39, 0.29) is 23.6 Å². The zero-order chi connectivity index (χ0) is 11.4. The molecule has 0 spiro atoms. The van der Waals surface area contributed by atoms with E-state index in [0.717, 1.165) is 0 Å². The highest BCUT2D eigenvalue weighted by molar-refractivity contribution is 9.10. The van der Waals surface area contributed by atoms with Gasteiger partial charge in [-0.1, -0.05) is 12.1 Å². The first-order valence-corrected chi connectivity index (χ1v) is 5.47. The van der Waals surface area contributed by atoms with Crippen molar-refractivity contribution in [2.24, 2.45) is 0 Å². The number of carboxylic acids is 1. The maximum atomic E-state index is 11.1. The van der Waals surface area contributed by atoms with Gasteiger partial charge in [0.15, 0.2) is 5.78 Å². The fraction of sp³-hybridized carbons (Fsp3) is 0.200. The second kappa shape index (κ2) is 5.28. The van der Waals surface area contributed by atoms with Crippen LogP contribution in [0.15, 0.2) is 22.7 Å². The van der Waals surface area contributed by atoms with Crippen molar-refractivity contribution in [2.45, 2.75) is 6.42 Å². The van der Waals surface area contributed by atoms with Gasteiger partial charge in [0.05, 0.1) is 11.4 Å². The largest absolute Gasteiger partial charge is 0.478 e. The van der Waals surface area contributed by atoms with Gasteiger partial charge in [-0.2, -0.15) is 0 Å². The third kappa shape index (κ3) is 3.04. The zero-order valence-corrected chi connectivity index (χ0v) is 10.0. The van der Waals surface area contributed by atoms with E-state index in [1.54, 1.807) is 18.2 Å². The molecule has 1 aromatic rings. The summed E-state index contributed by atoms with van der Waals surface area (Å²) in [7, 11) is 0. The Morgan fingerprint density at radius 3 is 2.60 bits per heavy atom. The van der Waals surface area contributed by atoms with Crippen molar-refractivity contribution in [3.05, 3.63) is 33.8 Å². The third-order valence-corrected chi connectivity index (χ3v) is 2.81. The van der Waals surface area contributed by atoms with E-state index < -0.39 is 5.97 Å². The van der Waals surface area contributed by atoms with Gasteiger partial charge >= 0.3 is 5.97 Å². The number of carbonyl (C=O) groups is 2. The number of hydrogen-bond acceptors (Lipinski definition) is 2. The molecule has 0 saturated carbocycles. The van der Waals surface area contributed by atoms with Crippen molar-refractivity contribution in [1.82, 2.24) is 0 Å². The molecular formula is C10H8BrClO3. The average Bonchev–Trinajstić information content (AvgIpc) is 2.17. The zero-order valence-electron chi connectivity index (χ0n) is 7.67. The van der Waals surface area contributed by atoms with Gasteiger partial charge in [0, 0.05) is 10.9 Å². The summed E-state index contributed by atoms with van der Waals surface area (Å²) < 4.78 is 0.467. The lowest BCUT2D eigenvalue weighted by Crippen LogP contribution is -2.10. The van der Waals surface area contributed by atoms with E-state index in [1.807, 2.05) is 0 Å². The fourth-order valence-electron chi connectivity index (χ4n) is 1.22. The molecule has 15 heavy (non-hydrogen) atoms. The number of carboxylic acid groups (broad SMARTS) is 1. The standard InChI is InChI=1S/C10H8BrClO3/c11-8-3-1-2-6(4-7(13)5-12)9(8)10(14)15/h1-3H,4-5H2,(H,14,15). The number of hydrogen-bond donors (Lipinski definition) is 1. The Labute approximate surface area is 100 Å². The van der Waals surface area contributed by atoms with Gasteiger partial charge in [-0.05, 0) is 27.6 Å². The van der Waals surface area contributed by atoms with Crippen LogP contribution in [0.3, 0.4) is 0 Å². The minimum Gasteiger partial charge on any atom is -0.478 e. The van der Waals surface area contributed by atoms with Crippen molar-refractivity contribution in [2.75, 3.05) is 5.88 Å². The van der Waals surface area contributed by atoms with Crippen molar-refractivity contribution in [3.63, 3.8) is 0 Å². The summed E-state index contributed by atoms with van der Waals surface area (Å²) in [5, 5.41) is 8.96. The minimum atomic E-state index is -1.06. The molecule has 0 unspecified atom stereocenters. The van der Waals surface area contributed by atoms with Crippen LogP contribution in [0.1, 0.15) is 15.9 Å². The van der Waals surface area contributed by atoms with Gasteiger partial charge in [-0.3, -0.25) is 4.79 Å². The molecule has 0 radical (unpaired) electrons. The minimum absolute atomic E-state index is 0.0462. The van der Waals surface area contributed by atoms with Crippen LogP contribution >= 0.6 is 27.5 Å². The van der Waals surface area contributed by atoms with E-state index in [0.29, 0.717) is 10.0 Å². The number of benzene rings is 1. The predicted molar refractivity (Wildman–Crippen MR) is 60.5 cm³/mol. The van der Waals surface area contributed by atoms with Crippen LogP contribution in [0.4, 0.5) is 0 Å². The predicted octanol–water partition coefficient (Wildman–Crippen LogP) is 2.50. The average molecular weight is 292 g/mol. The Bertz CT molecular complexity index is 404. The van der Waals surface area contributed by atoms with Crippen molar-refractivity contribution < 1.29 is 14.7 Å². The maximum Gasteiger partial charge on any atom is 0.337 e. The van der Waals surface area contributed by atoms with E-state index in [9.17, 15) is 9.59 Å². The summed E-state index contributed by atoms with van der Waals surface area (Å²) in [6.07, 6.45) is 0.0462. The number of ketones is 1. The van der Waals surface area contributed by atoms with E-state index in [1.165, 1.54) is 0 Å². The molecule has 0 aliphatic heterocycles. The molecule has 1 aromatic carbocycles. The van der Waals surface area contributed by atoms with Gasteiger partial charge in [0.1, 0.15) is 0 Å². The summed E-state index contributed by atoms with van der Waals surface area (Å²) >= 11 is 8.50. The number of carbonyl (C=O) groups excluding carboxylic acids is 1. The van der Waals surface area contributed by atoms with E-state index >= 15 is 0 Å². The first kappa shape index (κ1) is 12.2. The number of alkyl halides is 1. The smallest absolute Gasteiger partial charge is 0.337 e. The number of halogens is 2. The molecule has 3 nitrogen and oxygen atoms in total. The van der Waals surface area contributed by atoms with Crippen molar-refractivity contribution in [3.8, 4) is 0 Å². The Hall–Kier alpha value is -0.870. The lowest BCUT2D eigenvalue weighted by Gasteiger charge is -2.06. The highest BCUT2D eigenvalue weighted by atomic mass is 79.9. The Morgan fingerprint density at radius 1 is 1.40 bits per heavy atom. The summed E-state index contributed by atoms with van der Waals surface area (Å²) in [6.45, 7) is 0. The number of Topliss-reactive ketones (excluding diaryl/α,β-unsaturated/α-hetero) is 1. The molecule has 1 N–H and O–H groups in total. The van der Waals surface area contributed by atoms with Gasteiger partial charge in [0.25, 0.3) is 0 Å². The second-order valence-electron chi connectivity index (χ2n) is 2.93. The van der Waals surface area contributed by atoms with Crippen molar-refractivity contribution >= 4 is 39.3 Å². The number of rotatable bonds is 4. The fourth-order valence-corrected chi connectivity index (χ4v) is 1.89. The molecule has 80 valence electrons. The molecular weight excluding hydrogens is 283 g/mol.